The number of aromatic nitrogens is 2. The molecule has 16 heteroatoms. The van der Waals surface area contributed by atoms with Gasteiger partial charge in [-0.3, -0.25) is 23.6 Å². The normalized spacial score (nSPS) is 22.6. The van der Waals surface area contributed by atoms with E-state index >= 15 is 8.78 Å². The monoisotopic (exact) mass is 766 g/mol. The van der Waals surface area contributed by atoms with E-state index in [0.29, 0.717) is 26.9 Å². The number of ketones is 1. The van der Waals surface area contributed by atoms with E-state index in [1.165, 1.54) is 6.20 Å². The molecule has 7 rings (SSSR count). The number of benzene rings is 2. The van der Waals surface area contributed by atoms with Crippen LogP contribution in [0.25, 0.3) is 22.2 Å². The lowest BCUT2D eigenvalue weighted by Gasteiger charge is -2.47. The number of nitrogens with zero attached hydrogens (tertiary/aromatic N) is 6. The lowest BCUT2D eigenvalue weighted by Crippen LogP contribution is -2.58. The molecule has 0 amide bonds. The van der Waals surface area contributed by atoms with Crippen LogP contribution in [0.2, 0.25) is 0 Å². The number of piperidine rings is 1. The summed E-state index contributed by atoms with van der Waals surface area (Å²) in [5, 5.41) is 10.5. The lowest BCUT2D eigenvalue weighted by atomic mass is 9.95. The molecule has 0 saturated carbocycles. The Morgan fingerprint density at radius 2 is 1.69 bits per heavy atom. The molecule has 3 saturated heterocycles. The number of fused-ring (bicyclic) bond motifs is 1. The molecule has 5 heterocycles. The van der Waals surface area contributed by atoms with Crippen molar-refractivity contribution in [1.29, 1.82) is 0 Å². The highest BCUT2D eigenvalue weighted by atomic mass is 32.2. The Labute approximate surface area is 313 Å². The predicted molar refractivity (Wildman–Crippen MR) is 198 cm³/mol. The highest BCUT2D eigenvalue weighted by Crippen LogP contribution is 2.34. The molecule has 0 bridgehead atoms. The van der Waals surface area contributed by atoms with E-state index in [1.54, 1.807) is 12.3 Å². The fourth-order valence-electron chi connectivity index (χ4n) is 8.37. The van der Waals surface area contributed by atoms with Crippen molar-refractivity contribution in [3.8, 4) is 11.1 Å². The van der Waals surface area contributed by atoms with Crippen LogP contribution >= 0.6 is 0 Å². The quantitative estimate of drug-likeness (QED) is 0.159. The van der Waals surface area contributed by atoms with Gasteiger partial charge in [0.15, 0.2) is 5.82 Å². The summed E-state index contributed by atoms with van der Waals surface area (Å²) in [4.78, 5) is 39.2. The molecule has 288 valence electrons. The Balaban J connectivity index is 1.06. The molecule has 54 heavy (non-hydrogen) atoms. The van der Waals surface area contributed by atoms with Gasteiger partial charge in [0, 0.05) is 72.9 Å². The molecule has 2 aromatic heterocycles. The number of aliphatic carboxylic acids is 1. The predicted octanol–water partition coefficient (Wildman–Crippen LogP) is 4.99. The number of likely N-dealkylation sites (tertiary alicyclic amines) is 1. The number of piperazine rings is 1. The first kappa shape index (κ1) is 37.9. The Hall–Kier alpha value is -4.35. The largest absolute Gasteiger partial charge is 0.754 e. The summed E-state index contributed by atoms with van der Waals surface area (Å²) < 4.78 is 69.8. The van der Waals surface area contributed by atoms with Crippen molar-refractivity contribution in [3.05, 3.63) is 77.6 Å². The first-order chi connectivity index (χ1) is 25.9. The van der Waals surface area contributed by atoms with Gasteiger partial charge in [-0.05, 0) is 88.0 Å². The summed E-state index contributed by atoms with van der Waals surface area (Å²) in [6.45, 7) is 8.73. The minimum absolute atomic E-state index is 0.00122. The number of carbonyl (C=O) groups excluding carboxylic acids is 1. The van der Waals surface area contributed by atoms with Crippen LogP contribution in [0.1, 0.15) is 49.0 Å². The average molecular weight is 767 g/mol. The van der Waals surface area contributed by atoms with E-state index in [1.807, 2.05) is 17.0 Å². The van der Waals surface area contributed by atoms with Crippen LogP contribution in [0.5, 0.6) is 0 Å². The molecule has 12 nitrogen and oxygen atoms in total. The number of alkyl halides is 1. The lowest BCUT2D eigenvalue weighted by molar-refractivity contribution is -0.138. The van der Waals surface area contributed by atoms with Gasteiger partial charge in [0.25, 0.3) is 0 Å². The van der Waals surface area contributed by atoms with Crippen LogP contribution in [0.4, 0.5) is 24.5 Å². The number of aromatic amines is 1. The Morgan fingerprint density at radius 3 is 2.31 bits per heavy atom. The van der Waals surface area contributed by atoms with E-state index in [4.69, 9.17) is 5.11 Å². The number of halogens is 3. The molecule has 3 aliphatic rings. The van der Waals surface area contributed by atoms with Crippen molar-refractivity contribution in [2.45, 2.75) is 51.4 Å². The smallest absolute Gasteiger partial charge is 0.317 e. The summed E-state index contributed by atoms with van der Waals surface area (Å²) in [5.74, 6) is -3.76. The summed E-state index contributed by atoms with van der Waals surface area (Å²) >= 11 is -3.06. The maximum atomic E-state index is 16.0. The molecular formula is C38H43F3N7O5S-. The Morgan fingerprint density at radius 1 is 0.981 bits per heavy atom. The third-order valence-electron chi connectivity index (χ3n) is 10.9. The summed E-state index contributed by atoms with van der Waals surface area (Å²) in [6.07, 6.45) is 3.71. The number of carboxylic acid groups (broad SMARTS) is 1. The van der Waals surface area contributed by atoms with E-state index in [-0.39, 0.29) is 43.7 Å². The van der Waals surface area contributed by atoms with Gasteiger partial charge in [-0.15, -0.1) is 0 Å². The van der Waals surface area contributed by atoms with Crippen LogP contribution in [0.3, 0.4) is 0 Å². The SMILES string of the molecule is C[C@@H]1CN(CC2CCN(CC(=O)O)CC2)C[C@H](C)N1c1ccc(-c2cnc3[nH]cc(C(=O)c4c(F)ccc(N(N5CC[C@@H](F)C5)S(=O)[O-])c4F)c3c2)cc1. The van der Waals surface area contributed by atoms with Crippen LogP contribution in [-0.4, -0.2) is 121 Å². The summed E-state index contributed by atoms with van der Waals surface area (Å²) in [5.41, 5.74) is 1.35. The number of hydrogen-bond donors (Lipinski definition) is 2. The number of rotatable bonds is 11. The number of anilines is 2. The zero-order valence-corrected chi connectivity index (χ0v) is 30.9. The number of nitrogens with one attached hydrogen (secondary N) is 1. The molecule has 2 aromatic carbocycles. The zero-order valence-electron chi connectivity index (χ0n) is 30.1. The van der Waals surface area contributed by atoms with Gasteiger partial charge in [-0.2, -0.15) is 0 Å². The van der Waals surface area contributed by atoms with Crippen LogP contribution in [0.15, 0.2) is 54.9 Å². The van der Waals surface area contributed by atoms with Crippen molar-refractivity contribution in [3.63, 3.8) is 0 Å². The number of H-pyrrole nitrogens is 1. The molecule has 2 N–H and O–H groups in total. The van der Waals surface area contributed by atoms with Crippen molar-refractivity contribution >= 4 is 45.4 Å². The van der Waals surface area contributed by atoms with E-state index < -0.39 is 52.1 Å². The Kier molecular flexibility index (Phi) is 11.1. The highest BCUT2D eigenvalue weighted by molar-refractivity contribution is 7.80. The van der Waals surface area contributed by atoms with Gasteiger partial charge < -0.3 is 19.5 Å². The number of hydrogen-bond acceptors (Lipinski definition) is 9. The fourth-order valence-corrected chi connectivity index (χ4v) is 9.01. The molecule has 3 fully saturated rings. The van der Waals surface area contributed by atoms with Crippen molar-refractivity contribution in [1.82, 2.24) is 24.8 Å². The van der Waals surface area contributed by atoms with Gasteiger partial charge >= 0.3 is 5.97 Å². The second kappa shape index (κ2) is 15.8. The molecule has 4 aromatic rings. The summed E-state index contributed by atoms with van der Waals surface area (Å²) in [7, 11) is 0. The number of hydrazine groups is 1. The van der Waals surface area contributed by atoms with Crippen LogP contribution in [-0.2, 0) is 16.1 Å². The van der Waals surface area contributed by atoms with Gasteiger partial charge in [-0.25, -0.2) is 27.6 Å². The summed E-state index contributed by atoms with van der Waals surface area (Å²) in [6, 6.07) is 12.0. The van der Waals surface area contributed by atoms with E-state index in [2.05, 4.69) is 45.7 Å². The molecule has 4 atom stereocenters. The first-order valence-electron chi connectivity index (χ1n) is 18.2. The zero-order chi connectivity index (χ0) is 38.3. The average Bonchev–Trinajstić information content (AvgIpc) is 3.75. The first-order valence-corrected chi connectivity index (χ1v) is 19.2. The maximum absolute atomic E-state index is 16.0. The fraction of sp³-hybridized carbons (Fsp3) is 0.447. The minimum Gasteiger partial charge on any atom is -0.754 e. The van der Waals surface area contributed by atoms with Crippen molar-refractivity contribution in [2.24, 2.45) is 5.92 Å². The highest BCUT2D eigenvalue weighted by Gasteiger charge is 2.34. The van der Waals surface area contributed by atoms with Gasteiger partial charge in [0.05, 0.1) is 29.9 Å². The number of carboxylic acids is 1. The van der Waals surface area contributed by atoms with E-state index in [0.717, 1.165) is 74.0 Å². The second-order valence-electron chi connectivity index (χ2n) is 14.7. The topological polar surface area (TPSA) is 139 Å². The van der Waals surface area contributed by atoms with Gasteiger partial charge in [-0.1, -0.05) is 12.1 Å². The molecule has 1 unspecified atom stereocenters. The number of carbonyl (C=O) groups is 2. The molecule has 0 aliphatic carbocycles. The molecule has 0 radical (unpaired) electrons. The molecular weight excluding hydrogens is 724 g/mol. The minimum atomic E-state index is -3.06. The van der Waals surface area contributed by atoms with Gasteiger partial charge in [0.1, 0.15) is 23.3 Å². The second-order valence-corrected chi connectivity index (χ2v) is 15.5. The third-order valence-corrected chi connectivity index (χ3v) is 11.6. The van der Waals surface area contributed by atoms with Crippen LogP contribution in [0, 0.1) is 17.6 Å². The number of pyridine rings is 1. The van der Waals surface area contributed by atoms with Crippen molar-refractivity contribution < 1.29 is 36.6 Å². The van der Waals surface area contributed by atoms with Gasteiger partial charge in [0.2, 0.25) is 5.78 Å². The van der Waals surface area contributed by atoms with E-state index in [9.17, 15) is 22.7 Å². The van der Waals surface area contributed by atoms with Crippen molar-refractivity contribution in [2.75, 3.05) is 61.7 Å². The third kappa shape index (κ3) is 7.75. The Bertz CT molecular complexity index is 2030. The maximum Gasteiger partial charge on any atom is 0.317 e. The molecule has 0 spiro atoms. The van der Waals surface area contributed by atoms with Crippen LogP contribution < -0.4 is 9.31 Å². The standard InChI is InChI=1S/C38H44F3N7O5S/c1-23-18-45(20-25-9-12-44(13-10-25)22-34(49)50)19-24(2)47(23)29-5-3-26(4-6-29)27-15-30-31(17-43-38(30)42-16-27)37(51)35-32(40)7-8-33(36(35)41)48(54(52)53)46-14-11-28(39)21-46/h3-8,15-17,23-25,28H,9-14,18-22H2,1-2H3,(H,42,43)(H,49,50)(H,52,53)/p-1/t23-,24+,28-/m1/s1. The molecule has 3 aliphatic heterocycles.